The maximum absolute atomic E-state index is 11.3. The molecular formula is C15H20O3. The maximum atomic E-state index is 11.3. The van der Waals surface area contributed by atoms with Crippen LogP contribution in [0.15, 0.2) is 29.8 Å². The van der Waals surface area contributed by atoms with Crippen molar-refractivity contribution in [3.63, 3.8) is 0 Å². The van der Waals surface area contributed by atoms with E-state index in [9.17, 15) is 4.79 Å². The van der Waals surface area contributed by atoms with Crippen molar-refractivity contribution in [3.05, 3.63) is 41.0 Å². The van der Waals surface area contributed by atoms with Crippen LogP contribution in [0.4, 0.5) is 0 Å². The van der Waals surface area contributed by atoms with Gasteiger partial charge >= 0.3 is 5.97 Å². The summed E-state index contributed by atoms with van der Waals surface area (Å²) in [7, 11) is 1.39. The molecule has 0 saturated carbocycles. The monoisotopic (exact) mass is 248 g/mol. The Kier molecular flexibility index (Phi) is 5.43. The first-order valence-corrected chi connectivity index (χ1v) is 6.05. The molecule has 0 atom stereocenters. The number of methoxy groups -OCH3 is 1. The minimum absolute atomic E-state index is 0.290. The topological polar surface area (TPSA) is 35.5 Å². The minimum Gasteiger partial charge on any atom is -0.489 e. The van der Waals surface area contributed by atoms with Crippen molar-refractivity contribution >= 4 is 5.97 Å². The molecular weight excluding hydrogens is 228 g/mol. The summed E-state index contributed by atoms with van der Waals surface area (Å²) in [5, 5.41) is 0. The number of rotatable bonds is 5. The highest BCUT2D eigenvalue weighted by Crippen LogP contribution is 2.16. The average molecular weight is 248 g/mol. The molecule has 0 aliphatic heterocycles. The van der Waals surface area contributed by atoms with E-state index < -0.39 is 0 Å². The number of hydrogen-bond acceptors (Lipinski definition) is 3. The highest BCUT2D eigenvalue weighted by Gasteiger charge is 2.06. The van der Waals surface area contributed by atoms with Gasteiger partial charge in [-0.15, -0.1) is 0 Å². The minimum atomic E-state index is -0.290. The fourth-order valence-corrected chi connectivity index (χ4v) is 1.76. The van der Waals surface area contributed by atoms with Crippen LogP contribution in [0.1, 0.15) is 24.5 Å². The first kappa shape index (κ1) is 14.3. The second-order valence-corrected chi connectivity index (χ2v) is 4.21. The number of ether oxygens (including phenoxy) is 2. The van der Waals surface area contributed by atoms with Crippen LogP contribution in [0.5, 0.6) is 5.75 Å². The second-order valence-electron chi connectivity index (χ2n) is 4.21. The number of carbonyl (C=O) groups excluding carboxylic acids is 1. The van der Waals surface area contributed by atoms with Gasteiger partial charge in [-0.05, 0) is 49.6 Å². The van der Waals surface area contributed by atoms with E-state index >= 15 is 0 Å². The second kappa shape index (κ2) is 6.84. The zero-order valence-electron chi connectivity index (χ0n) is 11.4. The largest absolute Gasteiger partial charge is 0.489 e. The van der Waals surface area contributed by atoms with Crippen LogP contribution in [0.25, 0.3) is 0 Å². The number of hydrogen-bond donors (Lipinski definition) is 0. The Morgan fingerprint density at radius 2 is 1.83 bits per heavy atom. The van der Waals surface area contributed by atoms with Crippen LogP contribution in [-0.4, -0.2) is 19.7 Å². The Morgan fingerprint density at radius 1 is 1.22 bits per heavy atom. The van der Waals surface area contributed by atoms with Gasteiger partial charge in [-0.2, -0.15) is 0 Å². The average Bonchev–Trinajstić information content (AvgIpc) is 2.32. The van der Waals surface area contributed by atoms with Gasteiger partial charge in [0.2, 0.25) is 0 Å². The third-order valence-electron chi connectivity index (χ3n) is 2.60. The molecule has 0 amide bonds. The smallest absolute Gasteiger partial charge is 0.333 e. The Labute approximate surface area is 108 Å². The fraction of sp³-hybridized carbons (Fsp3) is 0.400. The molecule has 1 aromatic carbocycles. The molecule has 18 heavy (non-hydrogen) atoms. The first-order valence-electron chi connectivity index (χ1n) is 6.05. The quantitative estimate of drug-likeness (QED) is 0.593. The molecule has 3 nitrogen and oxygen atoms in total. The molecule has 0 N–H and O–H groups in total. The van der Waals surface area contributed by atoms with Crippen molar-refractivity contribution in [1.82, 2.24) is 0 Å². The van der Waals surface area contributed by atoms with Crippen LogP contribution in [-0.2, 0) is 9.53 Å². The molecule has 0 aliphatic carbocycles. The van der Waals surface area contributed by atoms with Crippen molar-refractivity contribution in [2.45, 2.75) is 27.2 Å². The Balaban J connectivity index is 2.64. The van der Waals surface area contributed by atoms with Crippen molar-refractivity contribution in [2.24, 2.45) is 0 Å². The lowest BCUT2D eigenvalue weighted by atomic mass is 10.1. The Hall–Kier alpha value is -1.77. The molecule has 98 valence electrons. The molecule has 0 aromatic heterocycles. The number of carbonyl (C=O) groups is 1. The number of aryl methyl sites for hydroxylation is 2. The van der Waals surface area contributed by atoms with Gasteiger partial charge in [0.25, 0.3) is 0 Å². The van der Waals surface area contributed by atoms with E-state index in [4.69, 9.17) is 4.74 Å². The summed E-state index contributed by atoms with van der Waals surface area (Å²) < 4.78 is 10.3. The van der Waals surface area contributed by atoms with E-state index in [1.807, 2.05) is 32.9 Å². The molecule has 0 heterocycles. The van der Waals surface area contributed by atoms with Crippen LogP contribution < -0.4 is 4.74 Å². The number of benzene rings is 1. The van der Waals surface area contributed by atoms with Crippen molar-refractivity contribution < 1.29 is 14.3 Å². The molecule has 1 rings (SSSR count). The molecule has 3 heteroatoms. The lowest BCUT2D eigenvalue weighted by molar-refractivity contribution is -0.136. The predicted molar refractivity (Wildman–Crippen MR) is 71.8 cm³/mol. The highest BCUT2D eigenvalue weighted by molar-refractivity contribution is 5.88. The molecule has 0 fully saturated rings. The maximum Gasteiger partial charge on any atom is 0.333 e. The zero-order chi connectivity index (χ0) is 13.5. The van der Waals surface area contributed by atoms with E-state index in [-0.39, 0.29) is 5.97 Å². The number of esters is 1. The van der Waals surface area contributed by atoms with Crippen molar-refractivity contribution in [1.29, 1.82) is 0 Å². The summed E-state index contributed by atoms with van der Waals surface area (Å²) in [5.41, 5.74) is 2.97. The van der Waals surface area contributed by atoms with E-state index in [2.05, 4.69) is 10.8 Å². The third kappa shape index (κ3) is 4.24. The molecule has 0 unspecified atom stereocenters. The molecule has 0 spiro atoms. The van der Waals surface area contributed by atoms with Gasteiger partial charge in [-0.3, -0.25) is 0 Å². The third-order valence-corrected chi connectivity index (χ3v) is 2.60. The Bertz CT molecular complexity index is 427. The van der Waals surface area contributed by atoms with E-state index in [1.54, 1.807) is 6.08 Å². The summed E-state index contributed by atoms with van der Waals surface area (Å²) in [5.74, 6) is 0.533. The summed E-state index contributed by atoms with van der Waals surface area (Å²) in [4.78, 5) is 11.3. The SMILES string of the molecule is CCC(=CCOc1cc(C)cc(C)c1)C(=O)OC. The molecule has 0 saturated heterocycles. The summed E-state index contributed by atoms with van der Waals surface area (Å²) in [6, 6.07) is 6.05. The van der Waals surface area contributed by atoms with E-state index in [0.717, 1.165) is 16.9 Å². The summed E-state index contributed by atoms with van der Waals surface area (Å²) >= 11 is 0. The van der Waals surface area contributed by atoms with Gasteiger partial charge in [0.1, 0.15) is 12.4 Å². The van der Waals surface area contributed by atoms with E-state index in [0.29, 0.717) is 18.6 Å². The van der Waals surface area contributed by atoms with Crippen LogP contribution in [0, 0.1) is 13.8 Å². The van der Waals surface area contributed by atoms with E-state index in [1.165, 1.54) is 7.11 Å². The van der Waals surface area contributed by atoms with Gasteiger partial charge < -0.3 is 9.47 Å². The molecule has 1 aromatic rings. The molecule has 0 bridgehead atoms. The van der Waals surface area contributed by atoms with Gasteiger partial charge in [0.15, 0.2) is 0 Å². The van der Waals surface area contributed by atoms with Crippen molar-refractivity contribution in [3.8, 4) is 5.75 Å². The summed E-state index contributed by atoms with van der Waals surface area (Å²) in [6.45, 7) is 6.35. The zero-order valence-corrected chi connectivity index (χ0v) is 11.4. The van der Waals surface area contributed by atoms with Gasteiger partial charge in [-0.25, -0.2) is 4.79 Å². The predicted octanol–water partition coefficient (Wildman–Crippen LogP) is 3.19. The van der Waals surface area contributed by atoms with Crippen LogP contribution in [0.2, 0.25) is 0 Å². The summed E-state index contributed by atoms with van der Waals surface area (Å²) in [6.07, 6.45) is 2.41. The van der Waals surface area contributed by atoms with Crippen LogP contribution in [0.3, 0.4) is 0 Å². The van der Waals surface area contributed by atoms with Gasteiger partial charge in [-0.1, -0.05) is 13.0 Å². The fourth-order valence-electron chi connectivity index (χ4n) is 1.76. The molecule has 0 aliphatic rings. The normalized spacial score (nSPS) is 11.2. The first-order chi connectivity index (χ1) is 8.56. The van der Waals surface area contributed by atoms with Gasteiger partial charge in [0.05, 0.1) is 7.11 Å². The highest BCUT2D eigenvalue weighted by atomic mass is 16.5. The van der Waals surface area contributed by atoms with Crippen molar-refractivity contribution in [2.75, 3.05) is 13.7 Å². The molecule has 0 radical (unpaired) electrons. The lowest BCUT2D eigenvalue weighted by Crippen LogP contribution is -2.06. The Morgan fingerprint density at radius 3 is 2.33 bits per heavy atom. The van der Waals surface area contributed by atoms with Crippen LogP contribution >= 0.6 is 0 Å². The van der Waals surface area contributed by atoms with Gasteiger partial charge in [0, 0.05) is 5.57 Å². The standard InChI is InChI=1S/C15H20O3/c1-5-13(15(16)17-4)6-7-18-14-9-11(2)8-12(3)10-14/h6,8-10H,5,7H2,1-4H3. The lowest BCUT2D eigenvalue weighted by Gasteiger charge is -2.07.